The zero-order valence-electron chi connectivity index (χ0n) is 20.2. The van der Waals surface area contributed by atoms with Gasteiger partial charge in [-0.25, -0.2) is 0 Å². The number of amides is 1. The third kappa shape index (κ3) is 4.81. The number of hydrogen-bond donors (Lipinski definition) is 2. The Balaban J connectivity index is 1.02. The molecule has 4 aliphatic carbocycles. The van der Waals surface area contributed by atoms with Crippen LogP contribution in [-0.2, 0) is 17.8 Å². The fourth-order valence-electron chi connectivity index (χ4n) is 7.34. The third-order valence-electron chi connectivity index (χ3n) is 8.55. The number of nitrogens with two attached hydrogens (primary N) is 1. The zero-order valence-corrected chi connectivity index (χ0v) is 20.2. The topological polar surface area (TPSA) is 98.7 Å². The van der Waals surface area contributed by atoms with Crippen molar-refractivity contribution in [1.29, 1.82) is 0 Å². The molecule has 182 valence electrons. The summed E-state index contributed by atoms with van der Waals surface area (Å²) in [5.74, 6) is 2.85. The lowest BCUT2D eigenvalue weighted by Gasteiger charge is -2.57. The van der Waals surface area contributed by atoms with Crippen LogP contribution in [0.1, 0.15) is 57.1 Å². The van der Waals surface area contributed by atoms with Gasteiger partial charge in [0, 0.05) is 43.5 Å². The average Bonchev–Trinajstić information content (AvgIpc) is 3.31. The van der Waals surface area contributed by atoms with Gasteiger partial charge in [-0.3, -0.25) is 14.5 Å². The van der Waals surface area contributed by atoms with E-state index in [1.165, 1.54) is 44.9 Å². The molecule has 7 rings (SSSR count). The number of carbonyl (C=O) groups excluding carboxylic acids is 1. The summed E-state index contributed by atoms with van der Waals surface area (Å²) < 4.78 is 1.99. The maximum absolute atomic E-state index is 12.6. The molecule has 7 heteroatoms. The van der Waals surface area contributed by atoms with Crippen molar-refractivity contribution in [3.05, 3.63) is 54.6 Å². The normalized spacial score (nSPS) is 26.7. The number of hydrogen-bond acceptors (Lipinski definition) is 5. The van der Waals surface area contributed by atoms with Crippen LogP contribution >= 0.6 is 0 Å². The molecule has 4 bridgehead atoms. The number of aromatic nitrogens is 4. The van der Waals surface area contributed by atoms with E-state index < -0.39 is 0 Å². The summed E-state index contributed by atoms with van der Waals surface area (Å²) in [6.07, 6.45) is 16.4. The van der Waals surface area contributed by atoms with E-state index >= 15 is 0 Å². The number of nitrogens with zero attached hydrogens (tertiary/aromatic N) is 4. The first kappa shape index (κ1) is 22.3. The molecule has 3 aromatic rings. The number of benzene rings is 1. The largest absolute Gasteiger partial charge is 0.397 e. The Morgan fingerprint density at radius 3 is 2.57 bits per heavy atom. The van der Waals surface area contributed by atoms with Crippen LogP contribution < -0.4 is 11.1 Å². The Hall–Kier alpha value is -3.22. The van der Waals surface area contributed by atoms with Crippen LogP contribution in [0.3, 0.4) is 0 Å². The number of rotatable bonds is 8. The second-order valence-electron chi connectivity index (χ2n) is 11.2. The fraction of sp³-hybridized carbons (Fsp3) is 0.500. The molecule has 0 unspecified atom stereocenters. The molecule has 1 amide bonds. The maximum atomic E-state index is 12.6. The number of pyridine rings is 1. The molecule has 4 aliphatic rings. The minimum absolute atomic E-state index is 0.0804. The molecule has 0 spiro atoms. The zero-order chi connectivity index (χ0) is 23.8. The Morgan fingerprint density at radius 1 is 1.09 bits per heavy atom. The third-order valence-corrected chi connectivity index (χ3v) is 8.55. The van der Waals surface area contributed by atoms with E-state index in [0.29, 0.717) is 29.6 Å². The van der Waals surface area contributed by atoms with E-state index in [1.807, 2.05) is 41.2 Å². The first-order chi connectivity index (χ1) is 17.0. The monoisotopic (exact) mass is 470 g/mol. The lowest BCUT2D eigenvalue weighted by Crippen LogP contribution is -2.46. The summed E-state index contributed by atoms with van der Waals surface area (Å²) in [5.41, 5.74) is 10.6. The van der Waals surface area contributed by atoms with Crippen molar-refractivity contribution >= 4 is 17.3 Å². The van der Waals surface area contributed by atoms with Gasteiger partial charge in [0.05, 0.1) is 17.1 Å². The van der Waals surface area contributed by atoms with E-state index in [0.717, 1.165) is 41.1 Å². The number of aryl methyl sites for hydroxylation is 2. The van der Waals surface area contributed by atoms with Gasteiger partial charge < -0.3 is 11.1 Å². The van der Waals surface area contributed by atoms with Crippen molar-refractivity contribution < 1.29 is 4.79 Å². The molecular weight excluding hydrogens is 436 g/mol. The number of anilines is 2. The summed E-state index contributed by atoms with van der Waals surface area (Å²) in [5, 5.41) is 11.7. The smallest absolute Gasteiger partial charge is 0.224 e. The molecule has 35 heavy (non-hydrogen) atoms. The standard InChI is InChI=1S/C28H34N6O/c29-25-5-3-22(23-2-1-8-30-17-23)13-26(25)31-27(35)6-4-24-18-34(33-32-24)9-7-28-14-19-10-20(15-28)12-21(11-19)16-28/h1-3,5,8,13,17-21H,4,6-7,9-12,14-16,29H2,(H,31,35). The predicted molar refractivity (Wildman–Crippen MR) is 136 cm³/mol. The molecule has 4 fully saturated rings. The van der Waals surface area contributed by atoms with Gasteiger partial charge in [0.2, 0.25) is 5.91 Å². The van der Waals surface area contributed by atoms with Crippen molar-refractivity contribution in [1.82, 2.24) is 20.0 Å². The number of nitrogens with one attached hydrogen (secondary N) is 1. The lowest BCUT2D eigenvalue weighted by molar-refractivity contribution is -0.116. The SMILES string of the molecule is Nc1ccc(-c2cccnc2)cc1NC(=O)CCc1cn(CCC23CC4CC(CC(C4)C2)C3)nn1. The molecule has 0 atom stereocenters. The molecular formula is C28H34N6O. The van der Waals surface area contributed by atoms with Gasteiger partial charge in [-0.1, -0.05) is 17.3 Å². The molecule has 4 saturated carbocycles. The van der Waals surface area contributed by atoms with E-state index in [2.05, 4.69) is 20.6 Å². The Morgan fingerprint density at radius 2 is 1.86 bits per heavy atom. The second kappa shape index (κ2) is 9.10. The van der Waals surface area contributed by atoms with E-state index in [9.17, 15) is 4.79 Å². The fourth-order valence-corrected chi connectivity index (χ4v) is 7.34. The Kier molecular flexibility index (Phi) is 5.78. The van der Waals surface area contributed by atoms with Gasteiger partial charge >= 0.3 is 0 Å². The molecule has 7 nitrogen and oxygen atoms in total. The van der Waals surface area contributed by atoms with Crippen LogP contribution in [0, 0.1) is 23.2 Å². The predicted octanol–water partition coefficient (Wildman–Crippen LogP) is 5.10. The van der Waals surface area contributed by atoms with Gasteiger partial charge in [0.25, 0.3) is 0 Å². The van der Waals surface area contributed by atoms with Gasteiger partial charge in [0.1, 0.15) is 0 Å². The second-order valence-corrected chi connectivity index (χ2v) is 11.2. The minimum Gasteiger partial charge on any atom is -0.397 e. The summed E-state index contributed by atoms with van der Waals surface area (Å²) >= 11 is 0. The highest BCUT2D eigenvalue weighted by molar-refractivity contribution is 5.95. The van der Waals surface area contributed by atoms with E-state index in [-0.39, 0.29) is 5.91 Å². The highest BCUT2D eigenvalue weighted by Crippen LogP contribution is 2.61. The molecule has 0 aliphatic heterocycles. The van der Waals surface area contributed by atoms with Crippen molar-refractivity contribution in [3.63, 3.8) is 0 Å². The molecule has 1 aromatic carbocycles. The molecule has 2 aromatic heterocycles. The average molecular weight is 471 g/mol. The highest BCUT2D eigenvalue weighted by atomic mass is 16.1. The molecule has 0 saturated heterocycles. The van der Waals surface area contributed by atoms with Crippen molar-refractivity contribution in [2.24, 2.45) is 23.2 Å². The molecule has 0 radical (unpaired) electrons. The first-order valence-corrected chi connectivity index (χ1v) is 13.0. The minimum atomic E-state index is -0.0804. The van der Waals surface area contributed by atoms with Crippen LogP contribution in [0.2, 0.25) is 0 Å². The quantitative estimate of drug-likeness (QED) is 0.446. The van der Waals surface area contributed by atoms with Gasteiger partial charge in [0.15, 0.2) is 0 Å². The maximum Gasteiger partial charge on any atom is 0.224 e. The molecule has 2 heterocycles. The summed E-state index contributed by atoms with van der Waals surface area (Å²) in [4.78, 5) is 16.8. The van der Waals surface area contributed by atoms with Crippen molar-refractivity contribution in [2.45, 2.75) is 64.3 Å². The summed E-state index contributed by atoms with van der Waals surface area (Å²) in [7, 11) is 0. The van der Waals surface area contributed by atoms with Crippen LogP contribution in [0.15, 0.2) is 48.9 Å². The van der Waals surface area contributed by atoms with E-state index in [4.69, 9.17) is 5.73 Å². The molecule has 3 N–H and O–H groups in total. The van der Waals surface area contributed by atoms with Crippen LogP contribution in [0.4, 0.5) is 11.4 Å². The van der Waals surface area contributed by atoms with Gasteiger partial charge in [-0.15, -0.1) is 5.10 Å². The number of nitrogen functional groups attached to an aromatic ring is 1. The van der Waals surface area contributed by atoms with E-state index in [1.54, 1.807) is 12.4 Å². The van der Waals surface area contributed by atoms with Crippen molar-refractivity contribution in [3.8, 4) is 11.1 Å². The lowest BCUT2D eigenvalue weighted by atomic mass is 9.49. The highest BCUT2D eigenvalue weighted by Gasteiger charge is 2.50. The van der Waals surface area contributed by atoms with Crippen molar-refractivity contribution in [2.75, 3.05) is 11.1 Å². The van der Waals surface area contributed by atoms with Crippen LogP contribution in [0.25, 0.3) is 11.1 Å². The van der Waals surface area contributed by atoms with Gasteiger partial charge in [-0.05, 0) is 91.9 Å². The van der Waals surface area contributed by atoms with Gasteiger partial charge in [-0.2, -0.15) is 0 Å². The summed E-state index contributed by atoms with van der Waals surface area (Å²) in [6, 6.07) is 9.51. The number of carbonyl (C=O) groups is 1. The van der Waals surface area contributed by atoms with Crippen LogP contribution in [-0.4, -0.2) is 25.9 Å². The summed E-state index contributed by atoms with van der Waals surface area (Å²) in [6.45, 7) is 0.934. The first-order valence-electron chi connectivity index (χ1n) is 13.0. The van der Waals surface area contributed by atoms with Crippen LogP contribution in [0.5, 0.6) is 0 Å². The Labute approximate surface area is 206 Å². The Bertz CT molecular complexity index is 1170.